The van der Waals surface area contributed by atoms with Crippen LogP contribution in [-0.4, -0.2) is 11.7 Å². The Morgan fingerprint density at radius 3 is 2.62 bits per heavy atom. The van der Waals surface area contributed by atoms with Crippen LogP contribution in [0.3, 0.4) is 0 Å². The minimum atomic E-state index is -0.641. The molecule has 5 heteroatoms. The first kappa shape index (κ1) is 12.8. The Kier molecular flexibility index (Phi) is 5.48. The summed E-state index contributed by atoms with van der Waals surface area (Å²) in [5, 5.41) is 8.68. The van der Waals surface area contributed by atoms with Gasteiger partial charge in [0.05, 0.1) is 12.6 Å². The van der Waals surface area contributed by atoms with Crippen molar-refractivity contribution in [2.24, 2.45) is 5.73 Å². The highest BCUT2D eigenvalue weighted by Gasteiger charge is 2.09. The second-order valence-electron chi connectivity index (χ2n) is 2.45. The Bertz CT molecular complexity index is 285. The Morgan fingerprint density at radius 2 is 2.15 bits per heavy atom. The van der Waals surface area contributed by atoms with E-state index in [9.17, 15) is 4.39 Å². The van der Waals surface area contributed by atoms with Gasteiger partial charge in [-0.2, -0.15) is 0 Å². The minimum Gasteiger partial charge on any atom is -0.394 e. The predicted octanol–water partition coefficient (Wildman–Crippen LogP) is 2.00. The van der Waals surface area contributed by atoms with Crippen molar-refractivity contribution in [3.8, 4) is 0 Å². The zero-order valence-corrected chi connectivity index (χ0v) is 9.11. The molecule has 1 aromatic carbocycles. The number of hydrogen-bond acceptors (Lipinski definition) is 2. The van der Waals surface area contributed by atoms with Crippen molar-refractivity contribution in [2.45, 2.75) is 6.04 Å². The van der Waals surface area contributed by atoms with Crippen LogP contribution < -0.4 is 5.73 Å². The molecule has 3 N–H and O–H groups in total. The van der Waals surface area contributed by atoms with Gasteiger partial charge in [-0.05, 0) is 12.1 Å². The van der Waals surface area contributed by atoms with E-state index in [2.05, 4.69) is 15.9 Å². The van der Waals surface area contributed by atoms with E-state index in [-0.39, 0.29) is 19.0 Å². The standard InChI is InChI=1S/C8H9BrFNO.ClH/c9-5-1-2-6(7(10)3-5)8(11)4-12;/h1-3,8,12H,4,11H2;1H/t8-;/m1./s1. The number of aliphatic hydroxyl groups is 1. The maximum Gasteiger partial charge on any atom is 0.129 e. The van der Waals surface area contributed by atoms with E-state index in [1.165, 1.54) is 6.07 Å². The average molecular weight is 271 g/mol. The van der Waals surface area contributed by atoms with Crippen molar-refractivity contribution in [3.05, 3.63) is 34.1 Å². The molecule has 0 aliphatic rings. The first-order valence-electron chi connectivity index (χ1n) is 3.46. The molecule has 0 saturated heterocycles. The van der Waals surface area contributed by atoms with E-state index in [0.29, 0.717) is 10.0 Å². The highest BCUT2D eigenvalue weighted by molar-refractivity contribution is 9.10. The van der Waals surface area contributed by atoms with Crippen LogP contribution in [0.4, 0.5) is 4.39 Å². The van der Waals surface area contributed by atoms with Crippen LogP contribution in [0.1, 0.15) is 11.6 Å². The number of hydrogen-bond donors (Lipinski definition) is 2. The number of benzene rings is 1. The van der Waals surface area contributed by atoms with Gasteiger partial charge >= 0.3 is 0 Å². The summed E-state index contributed by atoms with van der Waals surface area (Å²) in [6.07, 6.45) is 0. The van der Waals surface area contributed by atoms with E-state index >= 15 is 0 Å². The van der Waals surface area contributed by atoms with Crippen molar-refractivity contribution < 1.29 is 9.50 Å². The third-order valence-electron chi connectivity index (χ3n) is 1.56. The molecule has 74 valence electrons. The number of nitrogens with two attached hydrogens (primary N) is 1. The first-order chi connectivity index (χ1) is 5.65. The topological polar surface area (TPSA) is 46.2 Å². The molecular weight excluding hydrogens is 260 g/mol. The van der Waals surface area contributed by atoms with Crippen molar-refractivity contribution in [3.63, 3.8) is 0 Å². The molecule has 0 bridgehead atoms. The van der Waals surface area contributed by atoms with Gasteiger partial charge in [-0.3, -0.25) is 0 Å². The molecule has 0 unspecified atom stereocenters. The lowest BCUT2D eigenvalue weighted by atomic mass is 10.1. The van der Waals surface area contributed by atoms with Gasteiger partial charge in [-0.15, -0.1) is 12.4 Å². The zero-order chi connectivity index (χ0) is 9.14. The van der Waals surface area contributed by atoms with Gasteiger partial charge < -0.3 is 10.8 Å². The lowest BCUT2D eigenvalue weighted by molar-refractivity contribution is 0.265. The van der Waals surface area contributed by atoms with Crippen molar-refractivity contribution in [1.82, 2.24) is 0 Å². The fourth-order valence-corrected chi connectivity index (χ4v) is 1.23. The Hall–Kier alpha value is -0.160. The number of aliphatic hydroxyl groups excluding tert-OH is 1. The molecule has 2 nitrogen and oxygen atoms in total. The van der Waals surface area contributed by atoms with Gasteiger partial charge in [-0.25, -0.2) is 4.39 Å². The first-order valence-corrected chi connectivity index (χ1v) is 4.26. The normalized spacial score (nSPS) is 12.0. The van der Waals surface area contributed by atoms with Gasteiger partial charge in [0.1, 0.15) is 5.82 Å². The Morgan fingerprint density at radius 1 is 1.54 bits per heavy atom. The van der Waals surface area contributed by atoms with Crippen molar-refractivity contribution in [1.29, 1.82) is 0 Å². The summed E-state index contributed by atoms with van der Waals surface area (Å²) in [6, 6.07) is 3.93. The summed E-state index contributed by atoms with van der Waals surface area (Å²) < 4.78 is 13.7. The average Bonchev–Trinajstić information content (AvgIpc) is 2.03. The summed E-state index contributed by atoms with van der Waals surface area (Å²) in [6.45, 7) is -0.251. The Balaban J connectivity index is 0.00000144. The van der Waals surface area contributed by atoms with Crippen LogP contribution in [0.2, 0.25) is 0 Å². The van der Waals surface area contributed by atoms with Crippen LogP contribution in [0, 0.1) is 5.82 Å². The van der Waals surface area contributed by atoms with Crippen LogP contribution in [0.25, 0.3) is 0 Å². The Labute approximate surface area is 90.5 Å². The summed E-state index contributed by atoms with van der Waals surface area (Å²) in [5.41, 5.74) is 5.77. The predicted molar refractivity (Wildman–Crippen MR) is 55.4 cm³/mol. The second kappa shape index (κ2) is 5.54. The zero-order valence-electron chi connectivity index (χ0n) is 6.71. The van der Waals surface area contributed by atoms with E-state index < -0.39 is 11.9 Å². The fraction of sp³-hybridized carbons (Fsp3) is 0.250. The summed E-state index contributed by atoms with van der Waals surface area (Å²) in [7, 11) is 0. The highest BCUT2D eigenvalue weighted by Crippen LogP contribution is 2.19. The number of rotatable bonds is 2. The molecule has 0 amide bonds. The minimum absolute atomic E-state index is 0. The van der Waals surface area contributed by atoms with E-state index in [0.717, 1.165) is 0 Å². The van der Waals surface area contributed by atoms with Gasteiger partial charge in [0.15, 0.2) is 0 Å². The van der Waals surface area contributed by atoms with Crippen LogP contribution in [0.15, 0.2) is 22.7 Å². The summed E-state index contributed by atoms with van der Waals surface area (Å²) >= 11 is 3.12. The molecule has 0 aliphatic carbocycles. The lowest BCUT2D eigenvalue weighted by Gasteiger charge is -2.09. The maximum absolute atomic E-state index is 13.1. The third kappa shape index (κ3) is 3.23. The van der Waals surface area contributed by atoms with Gasteiger partial charge in [0, 0.05) is 10.0 Å². The molecule has 0 aromatic heterocycles. The molecule has 0 aliphatic heterocycles. The van der Waals surface area contributed by atoms with Crippen LogP contribution in [0.5, 0.6) is 0 Å². The molecule has 1 atom stereocenters. The number of halogens is 3. The largest absolute Gasteiger partial charge is 0.394 e. The molecule has 13 heavy (non-hydrogen) atoms. The second-order valence-corrected chi connectivity index (χ2v) is 3.37. The SMILES string of the molecule is Cl.N[C@H](CO)c1ccc(Br)cc1F. The monoisotopic (exact) mass is 269 g/mol. The lowest BCUT2D eigenvalue weighted by Crippen LogP contribution is -2.15. The fourth-order valence-electron chi connectivity index (χ4n) is 0.901. The summed E-state index contributed by atoms with van der Waals surface area (Å²) in [5.74, 6) is -0.397. The molecule has 0 spiro atoms. The molecule has 0 radical (unpaired) electrons. The van der Waals surface area contributed by atoms with Gasteiger partial charge in [0.25, 0.3) is 0 Å². The highest BCUT2D eigenvalue weighted by atomic mass is 79.9. The van der Waals surface area contributed by atoms with Gasteiger partial charge in [-0.1, -0.05) is 22.0 Å². The van der Waals surface area contributed by atoms with Crippen molar-refractivity contribution >= 4 is 28.3 Å². The van der Waals surface area contributed by atoms with Crippen molar-refractivity contribution in [2.75, 3.05) is 6.61 Å². The summed E-state index contributed by atoms with van der Waals surface area (Å²) in [4.78, 5) is 0. The van der Waals surface area contributed by atoms with E-state index in [1.807, 2.05) is 0 Å². The molecule has 1 aromatic rings. The van der Waals surface area contributed by atoms with Gasteiger partial charge in [0.2, 0.25) is 0 Å². The molecule has 0 heterocycles. The third-order valence-corrected chi connectivity index (χ3v) is 2.05. The van der Waals surface area contributed by atoms with Crippen LogP contribution >= 0.6 is 28.3 Å². The van der Waals surface area contributed by atoms with E-state index in [1.54, 1.807) is 12.1 Å². The smallest absolute Gasteiger partial charge is 0.129 e. The van der Waals surface area contributed by atoms with E-state index in [4.69, 9.17) is 10.8 Å². The van der Waals surface area contributed by atoms with Crippen LogP contribution in [-0.2, 0) is 0 Å². The molecule has 0 fully saturated rings. The molecular formula is C8H10BrClFNO. The molecule has 1 rings (SSSR count). The molecule has 0 saturated carbocycles. The quantitative estimate of drug-likeness (QED) is 0.863. The maximum atomic E-state index is 13.1.